The minimum absolute atomic E-state index is 0. The molecule has 1 aromatic heterocycles. The molecular weight excluding hydrogens is 511 g/mol. The fourth-order valence-electron chi connectivity index (χ4n) is 2.88. The molecule has 0 fully saturated rings. The number of nitrogens with one attached hydrogen (secondary N) is 2. The van der Waals surface area contributed by atoms with Gasteiger partial charge in [0.1, 0.15) is 23.6 Å². The summed E-state index contributed by atoms with van der Waals surface area (Å²) in [5.74, 6) is 1.30. The Morgan fingerprint density at radius 1 is 1.19 bits per heavy atom. The summed E-state index contributed by atoms with van der Waals surface area (Å²) < 4.78 is 10.3. The van der Waals surface area contributed by atoms with Crippen LogP contribution >= 0.6 is 24.0 Å². The molecule has 2 rings (SSSR count). The Kier molecular flexibility index (Phi) is 11.1. The van der Waals surface area contributed by atoms with E-state index in [4.69, 9.17) is 9.15 Å². The van der Waals surface area contributed by atoms with Gasteiger partial charge in [-0.05, 0) is 44.0 Å². The van der Waals surface area contributed by atoms with Gasteiger partial charge in [-0.15, -0.1) is 24.0 Å². The molecule has 0 saturated carbocycles. The number of methoxy groups -OCH3 is 1. The summed E-state index contributed by atoms with van der Waals surface area (Å²) in [4.78, 5) is 29.9. The maximum atomic E-state index is 12.1. The number of benzene rings is 1. The van der Waals surface area contributed by atoms with Gasteiger partial charge in [-0.1, -0.05) is 12.1 Å². The Morgan fingerprint density at radius 2 is 1.94 bits per heavy atom. The van der Waals surface area contributed by atoms with Crippen molar-refractivity contribution in [3.05, 3.63) is 58.5 Å². The molecule has 31 heavy (non-hydrogen) atoms. The highest BCUT2D eigenvalue weighted by Gasteiger charge is 2.15. The normalized spacial score (nSPS) is 10.8. The molecule has 0 spiro atoms. The fraction of sp³-hybridized carbons (Fsp3) is 0.409. The molecule has 0 radical (unpaired) electrons. The first-order valence-corrected chi connectivity index (χ1v) is 9.86. The Hall–Kier alpha value is -2.56. The van der Waals surface area contributed by atoms with Gasteiger partial charge < -0.3 is 24.7 Å². The van der Waals surface area contributed by atoms with Crippen LogP contribution in [0.4, 0.5) is 0 Å². The van der Waals surface area contributed by atoms with Crippen LogP contribution in [0.5, 0.6) is 0 Å². The lowest BCUT2D eigenvalue weighted by Crippen LogP contribution is -2.38. The van der Waals surface area contributed by atoms with Crippen molar-refractivity contribution in [1.82, 2.24) is 15.5 Å². The Labute approximate surface area is 200 Å². The minimum atomic E-state index is -0.425. The van der Waals surface area contributed by atoms with E-state index in [-0.39, 0.29) is 29.9 Å². The van der Waals surface area contributed by atoms with Crippen molar-refractivity contribution in [3.8, 4) is 0 Å². The number of rotatable bonds is 8. The number of ether oxygens (including phenoxy) is 1. The average molecular weight is 542 g/mol. The Balaban J connectivity index is 0.00000480. The molecule has 0 bridgehead atoms. The average Bonchev–Trinajstić information content (AvgIpc) is 3.11. The van der Waals surface area contributed by atoms with Crippen LogP contribution in [0.1, 0.15) is 44.7 Å². The van der Waals surface area contributed by atoms with Crippen LogP contribution in [-0.4, -0.2) is 57.0 Å². The van der Waals surface area contributed by atoms with Gasteiger partial charge in [0, 0.05) is 32.7 Å². The maximum Gasteiger partial charge on any atom is 0.341 e. The molecule has 2 aromatic rings. The second-order valence-corrected chi connectivity index (χ2v) is 6.95. The van der Waals surface area contributed by atoms with E-state index in [1.54, 1.807) is 32.0 Å². The van der Waals surface area contributed by atoms with Crippen LogP contribution in [0, 0.1) is 6.92 Å². The zero-order valence-corrected chi connectivity index (χ0v) is 21.0. The summed E-state index contributed by atoms with van der Waals surface area (Å²) in [6, 6.07) is 9.27. The molecular formula is C22H31IN4O4. The van der Waals surface area contributed by atoms with Crippen LogP contribution in [0.15, 0.2) is 39.7 Å². The third-order valence-corrected chi connectivity index (χ3v) is 4.40. The highest BCUT2D eigenvalue weighted by atomic mass is 127. The number of aliphatic imine (C=N–C) groups is 1. The van der Waals surface area contributed by atoms with Crippen LogP contribution < -0.4 is 10.6 Å². The minimum Gasteiger partial charge on any atom is -0.465 e. The van der Waals surface area contributed by atoms with Gasteiger partial charge in [0.05, 0.1) is 7.11 Å². The topological polar surface area (TPSA) is 96.2 Å². The zero-order valence-electron chi connectivity index (χ0n) is 18.7. The molecule has 0 aliphatic carbocycles. The van der Waals surface area contributed by atoms with Crippen LogP contribution in [-0.2, 0) is 17.7 Å². The van der Waals surface area contributed by atoms with Crippen LogP contribution in [0.25, 0.3) is 0 Å². The quantitative estimate of drug-likeness (QED) is 0.231. The van der Waals surface area contributed by atoms with E-state index >= 15 is 0 Å². The Bertz CT molecular complexity index is 909. The number of esters is 1. The third kappa shape index (κ3) is 7.89. The van der Waals surface area contributed by atoms with Crippen molar-refractivity contribution in [2.45, 2.75) is 26.8 Å². The van der Waals surface area contributed by atoms with Crippen LogP contribution in [0.3, 0.4) is 0 Å². The molecule has 0 aliphatic rings. The van der Waals surface area contributed by atoms with Crippen molar-refractivity contribution in [2.24, 2.45) is 4.99 Å². The second-order valence-electron chi connectivity index (χ2n) is 6.95. The van der Waals surface area contributed by atoms with Crippen molar-refractivity contribution in [3.63, 3.8) is 0 Å². The highest BCUT2D eigenvalue weighted by Crippen LogP contribution is 2.16. The van der Waals surface area contributed by atoms with Crippen molar-refractivity contribution >= 4 is 41.8 Å². The molecule has 0 atom stereocenters. The van der Waals surface area contributed by atoms with Crippen molar-refractivity contribution in [1.29, 1.82) is 0 Å². The van der Waals surface area contributed by atoms with Gasteiger partial charge in [-0.25, -0.2) is 9.79 Å². The number of carbonyl (C=O) groups is 2. The largest absolute Gasteiger partial charge is 0.465 e. The predicted molar refractivity (Wildman–Crippen MR) is 131 cm³/mol. The summed E-state index contributed by atoms with van der Waals surface area (Å²) >= 11 is 0. The molecule has 2 N–H and O–H groups in total. The number of amides is 1. The molecule has 8 nitrogen and oxygen atoms in total. The van der Waals surface area contributed by atoms with E-state index < -0.39 is 5.97 Å². The molecule has 9 heteroatoms. The number of guanidine groups is 1. The third-order valence-electron chi connectivity index (χ3n) is 4.40. The molecule has 0 saturated heterocycles. The lowest BCUT2D eigenvalue weighted by atomic mass is 10.1. The number of carbonyl (C=O) groups excluding carboxylic acids is 2. The highest BCUT2D eigenvalue weighted by molar-refractivity contribution is 14.0. The van der Waals surface area contributed by atoms with E-state index in [9.17, 15) is 9.59 Å². The van der Waals surface area contributed by atoms with E-state index in [1.165, 1.54) is 7.11 Å². The first kappa shape index (κ1) is 26.5. The number of halogens is 1. The first-order chi connectivity index (χ1) is 14.3. The molecule has 1 aromatic carbocycles. The SMILES string of the molecule is CCNC(=NCc1cc(C(=O)OC)c(C)o1)NCCc1cccc(C(=O)N(C)C)c1.I. The summed E-state index contributed by atoms with van der Waals surface area (Å²) in [7, 11) is 4.82. The first-order valence-electron chi connectivity index (χ1n) is 9.86. The van der Waals surface area contributed by atoms with E-state index in [1.807, 2.05) is 31.2 Å². The molecule has 0 unspecified atom stereocenters. The van der Waals surface area contributed by atoms with E-state index in [0.29, 0.717) is 48.2 Å². The lowest BCUT2D eigenvalue weighted by molar-refractivity contribution is 0.0598. The zero-order chi connectivity index (χ0) is 22.1. The molecule has 170 valence electrons. The predicted octanol–water partition coefficient (Wildman–Crippen LogP) is 2.99. The van der Waals surface area contributed by atoms with E-state index in [0.717, 1.165) is 12.0 Å². The van der Waals surface area contributed by atoms with Gasteiger partial charge in [-0.2, -0.15) is 0 Å². The summed E-state index contributed by atoms with van der Waals surface area (Å²) in [5.41, 5.74) is 2.15. The van der Waals surface area contributed by atoms with Gasteiger partial charge in [-0.3, -0.25) is 4.79 Å². The smallest absolute Gasteiger partial charge is 0.341 e. The van der Waals surface area contributed by atoms with Gasteiger partial charge >= 0.3 is 5.97 Å². The number of nitrogens with zero attached hydrogens (tertiary/aromatic N) is 2. The van der Waals surface area contributed by atoms with E-state index in [2.05, 4.69) is 15.6 Å². The van der Waals surface area contributed by atoms with Crippen LogP contribution in [0.2, 0.25) is 0 Å². The maximum absolute atomic E-state index is 12.1. The molecule has 1 amide bonds. The fourth-order valence-corrected chi connectivity index (χ4v) is 2.88. The second kappa shape index (κ2) is 13.0. The monoisotopic (exact) mass is 542 g/mol. The number of hydrogen-bond acceptors (Lipinski definition) is 5. The lowest BCUT2D eigenvalue weighted by Gasteiger charge is -2.13. The summed E-state index contributed by atoms with van der Waals surface area (Å²) in [6.07, 6.45) is 0.741. The van der Waals surface area contributed by atoms with Crippen molar-refractivity contribution in [2.75, 3.05) is 34.3 Å². The van der Waals surface area contributed by atoms with Crippen molar-refractivity contribution < 1.29 is 18.7 Å². The van der Waals surface area contributed by atoms with Gasteiger partial charge in [0.2, 0.25) is 0 Å². The standard InChI is InChI=1S/C22H30N4O4.HI/c1-6-23-22(25-14-18-13-19(15(2)30-18)21(28)29-5)24-11-10-16-8-7-9-17(12-16)20(27)26(3)4;/h7-9,12-13H,6,10-11,14H2,1-5H3,(H2,23,24,25);1H. The summed E-state index contributed by atoms with van der Waals surface area (Å²) in [5, 5.41) is 6.46. The molecule has 1 heterocycles. The molecule has 0 aliphatic heterocycles. The summed E-state index contributed by atoms with van der Waals surface area (Å²) in [6.45, 7) is 5.36. The van der Waals surface area contributed by atoms with Gasteiger partial charge in [0.25, 0.3) is 5.91 Å². The number of aryl methyl sites for hydroxylation is 1. The Morgan fingerprint density at radius 3 is 2.58 bits per heavy atom. The number of hydrogen-bond donors (Lipinski definition) is 2. The number of furan rings is 1. The van der Waals surface area contributed by atoms with Gasteiger partial charge in [0.15, 0.2) is 5.96 Å².